The fraction of sp³-hybridized carbons (Fsp3) is 0.500. The Bertz CT molecular complexity index is 1340. The standard InChI is InChI=1S/C30H38Cl3N5O7/c1-17(2)26(27(41)34-18(3)28(42)38-14-6-9-24(37-38)29(43)45-16-30(31,32)33)36-25(40)15-44-21-12-10-20(11-13-21)23-8-5-7-22(35-23)19(4)39/h5,7-8,10-13,17-19,24,26,37,39H,6,9,14-16H2,1-4H3,(H,34,41)(H,36,40). The lowest BCUT2D eigenvalue weighted by molar-refractivity contribution is -0.152. The summed E-state index contributed by atoms with van der Waals surface area (Å²) in [6, 6.07) is 9.61. The van der Waals surface area contributed by atoms with Crippen LogP contribution in [-0.4, -0.2) is 80.5 Å². The number of ether oxygens (including phenoxy) is 2. The minimum Gasteiger partial charge on any atom is -0.484 e. The first-order valence-electron chi connectivity index (χ1n) is 14.4. The Hall–Kier alpha value is -3.16. The molecule has 1 aliphatic heterocycles. The van der Waals surface area contributed by atoms with E-state index in [1.807, 2.05) is 12.1 Å². The van der Waals surface area contributed by atoms with E-state index < -0.39 is 58.3 Å². The van der Waals surface area contributed by atoms with Crippen LogP contribution in [0.5, 0.6) is 5.75 Å². The number of esters is 1. The van der Waals surface area contributed by atoms with Crippen molar-refractivity contribution in [2.45, 2.75) is 68.6 Å². The quantitative estimate of drug-likeness (QED) is 0.194. The molecule has 0 saturated carbocycles. The molecule has 1 fully saturated rings. The van der Waals surface area contributed by atoms with Crippen molar-refractivity contribution in [1.29, 1.82) is 0 Å². The zero-order chi connectivity index (χ0) is 33.3. The molecule has 0 bridgehead atoms. The molecule has 0 aliphatic carbocycles. The second kappa shape index (κ2) is 16.4. The van der Waals surface area contributed by atoms with Gasteiger partial charge >= 0.3 is 5.97 Å². The highest BCUT2D eigenvalue weighted by atomic mass is 35.6. The van der Waals surface area contributed by atoms with Crippen LogP contribution < -0.4 is 20.8 Å². The van der Waals surface area contributed by atoms with Crippen LogP contribution in [0.3, 0.4) is 0 Å². The molecule has 4 atom stereocenters. The summed E-state index contributed by atoms with van der Waals surface area (Å²) in [5, 5.41) is 16.3. The van der Waals surface area contributed by atoms with Crippen LogP contribution in [0.1, 0.15) is 52.3 Å². The van der Waals surface area contributed by atoms with Crippen molar-refractivity contribution in [2.24, 2.45) is 5.92 Å². The molecular formula is C30H38Cl3N5O7. The molecule has 1 aliphatic rings. The summed E-state index contributed by atoms with van der Waals surface area (Å²) < 4.78 is 8.86. The Labute approximate surface area is 277 Å². The number of hydrazine groups is 1. The van der Waals surface area contributed by atoms with Gasteiger partial charge in [-0.1, -0.05) is 54.7 Å². The molecule has 1 saturated heterocycles. The SMILES string of the molecule is CC(NC(=O)C(NC(=O)COc1ccc(-c2cccc(C(C)O)n2)cc1)C(C)C)C(=O)N1CCCC(C(=O)OCC(Cl)(Cl)Cl)N1. The van der Waals surface area contributed by atoms with Gasteiger partial charge in [-0.15, -0.1) is 0 Å². The number of carbonyl (C=O) groups excluding carboxylic acids is 4. The maximum Gasteiger partial charge on any atom is 0.325 e. The van der Waals surface area contributed by atoms with Crippen LogP contribution in [-0.2, 0) is 23.9 Å². The maximum absolute atomic E-state index is 13.1. The molecule has 246 valence electrons. The van der Waals surface area contributed by atoms with Gasteiger partial charge in [0.2, 0.25) is 9.70 Å². The molecule has 45 heavy (non-hydrogen) atoms. The minimum atomic E-state index is -1.76. The molecular weight excluding hydrogens is 649 g/mol. The van der Waals surface area contributed by atoms with Crippen LogP contribution in [0.15, 0.2) is 42.5 Å². The third-order valence-electron chi connectivity index (χ3n) is 6.83. The molecule has 2 aromatic rings. The minimum absolute atomic E-state index is 0.300. The summed E-state index contributed by atoms with van der Waals surface area (Å²) >= 11 is 16.9. The third kappa shape index (κ3) is 11.3. The van der Waals surface area contributed by atoms with E-state index in [1.54, 1.807) is 51.1 Å². The van der Waals surface area contributed by atoms with E-state index in [1.165, 1.54) is 11.9 Å². The fourth-order valence-corrected chi connectivity index (χ4v) is 4.60. The molecule has 0 radical (unpaired) electrons. The molecule has 2 heterocycles. The normalized spacial score (nSPS) is 17.2. The molecule has 3 amide bonds. The number of nitrogens with zero attached hydrogens (tertiary/aromatic N) is 2. The molecule has 15 heteroatoms. The number of hydrogen-bond acceptors (Lipinski definition) is 9. The monoisotopic (exact) mass is 685 g/mol. The van der Waals surface area contributed by atoms with Gasteiger partial charge in [0.25, 0.3) is 11.8 Å². The van der Waals surface area contributed by atoms with Crippen molar-refractivity contribution >= 4 is 58.5 Å². The highest BCUT2D eigenvalue weighted by Gasteiger charge is 2.34. The lowest BCUT2D eigenvalue weighted by Gasteiger charge is -2.34. The zero-order valence-corrected chi connectivity index (χ0v) is 27.7. The van der Waals surface area contributed by atoms with Crippen molar-refractivity contribution in [3.63, 3.8) is 0 Å². The highest BCUT2D eigenvalue weighted by Crippen LogP contribution is 2.26. The molecule has 4 N–H and O–H groups in total. The molecule has 0 spiro atoms. The van der Waals surface area contributed by atoms with Crippen molar-refractivity contribution in [3.05, 3.63) is 48.2 Å². The van der Waals surface area contributed by atoms with Crippen molar-refractivity contribution in [3.8, 4) is 17.0 Å². The van der Waals surface area contributed by atoms with Gasteiger partial charge < -0.3 is 25.2 Å². The van der Waals surface area contributed by atoms with Gasteiger partial charge in [0.15, 0.2) is 6.61 Å². The third-order valence-corrected chi connectivity index (χ3v) is 7.16. The van der Waals surface area contributed by atoms with Crippen molar-refractivity contribution in [2.75, 3.05) is 19.8 Å². The predicted octanol–water partition coefficient (Wildman–Crippen LogP) is 3.24. The van der Waals surface area contributed by atoms with E-state index in [9.17, 15) is 24.3 Å². The van der Waals surface area contributed by atoms with Gasteiger partial charge in [-0.2, -0.15) is 0 Å². The number of hydrogen-bond donors (Lipinski definition) is 4. The number of alkyl halides is 3. The number of carbonyl (C=O) groups is 4. The van der Waals surface area contributed by atoms with Gasteiger partial charge in [-0.3, -0.25) is 29.2 Å². The number of amides is 3. The van der Waals surface area contributed by atoms with Gasteiger partial charge in [-0.05, 0) is 69.0 Å². The lowest BCUT2D eigenvalue weighted by Crippen LogP contribution is -2.61. The average Bonchev–Trinajstić information content (AvgIpc) is 3.00. The topological polar surface area (TPSA) is 159 Å². The Morgan fingerprint density at radius 3 is 2.38 bits per heavy atom. The van der Waals surface area contributed by atoms with Gasteiger partial charge in [0.05, 0.1) is 17.5 Å². The fourth-order valence-electron chi connectivity index (χ4n) is 4.43. The maximum atomic E-state index is 13.1. The number of rotatable bonds is 12. The van der Waals surface area contributed by atoms with Crippen LogP contribution in [0.2, 0.25) is 0 Å². The molecule has 1 aromatic heterocycles. The Balaban J connectivity index is 1.50. The summed E-state index contributed by atoms with van der Waals surface area (Å²) in [5.41, 5.74) is 4.86. The second-order valence-corrected chi connectivity index (χ2v) is 13.5. The summed E-state index contributed by atoms with van der Waals surface area (Å²) in [5.74, 6) is -2.08. The highest BCUT2D eigenvalue weighted by molar-refractivity contribution is 6.67. The number of aliphatic hydroxyl groups is 1. The Morgan fingerprint density at radius 1 is 1.07 bits per heavy atom. The van der Waals surface area contributed by atoms with Crippen molar-refractivity contribution in [1.82, 2.24) is 26.1 Å². The number of pyridine rings is 1. The van der Waals surface area contributed by atoms with E-state index in [0.717, 1.165) is 5.56 Å². The first-order valence-corrected chi connectivity index (χ1v) is 15.6. The summed E-state index contributed by atoms with van der Waals surface area (Å²) in [7, 11) is 0. The Kier molecular flexibility index (Phi) is 13.2. The van der Waals surface area contributed by atoms with Gasteiger partial charge in [-0.25, -0.2) is 5.43 Å². The van der Waals surface area contributed by atoms with Crippen LogP contribution in [0.25, 0.3) is 11.3 Å². The molecule has 1 aromatic carbocycles. The summed E-state index contributed by atoms with van der Waals surface area (Å²) in [4.78, 5) is 55.7. The average molecular weight is 687 g/mol. The molecule has 4 unspecified atom stereocenters. The lowest BCUT2D eigenvalue weighted by atomic mass is 10.0. The first-order chi connectivity index (χ1) is 21.1. The van der Waals surface area contributed by atoms with Crippen LogP contribution in [0, 0.1) is 5.92 Å². The number of aromatic nitrogens is 1. The van der Waals surface area contributed by atoms with E-state index in [4.69, 9.17) is 44.3 Å². The van der Waals surface area contributed by atoms with Crippen LogP contribution in [0.4, 0.5) is 0 Å². The van der Waals surface area contributed by atoms with Crippen molar-refractivity contribution < 1.29 is 33.8 Å². The summed E-state index contributed by atoms with van der Waals surface area (Å²) in [6.45, 7) is 6.20. The number of halogens is 3. The zero-order valence-electron chi connectivity index (χ0n) is 25.4. The largest absolute Gasteiger partial charge is 0.484 e. The summed E-state index contributed by atoms with van der Waals surface area (Å²) in [6.07, 6.45) is 0.227. The first kappa shape index (κ1) is 36.3. The second-order valence-electron chi connectivity index (χ2n) is 11.0. The predicted molar refractivity (Wildman–Crippen MR) is 169 cm³/mol. The van der Waals surface area contributed by atoms with E-state index in [0.29, 0.717) is 36.5 Å². The van der Waals surface area contributed by atoms with E-state index in [-0.39, 0.29) is 12.5 Å². The molecule has 3 rings (SSSR count). The number of benzene rings is 1. The van der Waals surface area contributed by atoms with Gasteiger partial charge in [0.1, 0.15) is 30.5 Å². The van der Waals surface area contributed by atoms with E-state index >= 15 is 0 Å². The van der Waals surface area contributed by atoms with Crippen LogP contribution >= 0.6 is 34.8 Å². The smallest absolute Gasteiger partial charge is 0.325 e. The van der Waals surface area contributed by atoms with E-state index in [2.05, 4.69) is 21.0 Å². The Morgan fingerprint density at radius 2 is 1.76 bits per heavy atom. The molecule has 12 nitrogen and oxygen atoms in total. The number of nitrogens with one attached hydrogen (secondary N) is 3. The number of aliphatic hydroxyl groups excluding tert-OH is 1. The van der Waals surface area contributed by atoms with Gasteiger partial charge in [0, 0.05) is 12.1 Å².